The van der Waals surface area contributed by atoms with Crippen molar-refractivity contribution in [2.75, 3.05) is 31.5 Å². The number of imidazole rings is 1. The molecule has 3 aromatic rings. The van der Waals surface area contributed by atoms with Crippen LogP contribution in [0.3, 0.4) is 0 Å². The fourth-order valence-electron chi connectivity index (χ4n) is 5.49. The molecule has 4 heterocycles. The Morgan fingerprint density at radius 1 is 1.05 bits per heavy atom. The molecule has 3 amide bonds. The first kappa shape index (κ1) is 26.5. The lowest BCUT2D eigenvalue weighted by atomic mass is 10.1. The van der Waals surface area contributed by atoms with Crippen LogP contribution in [0.5, 0.6) is 5.75 Å². The summed E-state index contributed by atoms with van der Waals surface area (Å²) in [7, 11) is 0. The number of likely N-dealkylation sites (tertiary alicyclic amines) is 2. The first-order valence-corrected chi connectivity index (χ1v) is 13.4. The van der Waals surface area contributed by atoms with Crippen molar-refractivity contribution in [1.29, 1.82) is 0 Å². The molecule has 0 saturated carbocycles. The van der Waals surface area contributed by atoms with Crippen LogP contribution in [0, 0.1) is 6.92 Å². The van der Waals surface area contributed by atoms with E-state index in [1.165, 1.54) is 4.90 Å². The number of hydrogen-bond donors (Lipinski definition) is 2. The summed E-state index contributed by atoms with van der Waals surface area (Å²) in [5.41, 5.74) is 2.57. The Bertz CT molecular complexity index is 1380. The van der Waals surface area contributed by atoms with Crippen molar-refractivity contribution in [2.24, 2.45) is 0 Å². The number of nitrogens with zero attached hydrogens (tertiary/aromatic N) is 5. The van der Waals surface area contributed by atoms with Gasteiger partial charge >= 0.3 is 6.09 Å². The molecular weight excluding hydrogens is 500 g/mol. The summed E-state index contributed by atoms with van der Waals surface area (Å²) in [6, 6.07) is 8.74. The average Bonchev–Trinajstić information content (AvgIpc) is 3.10. The van der Waals surface area contributed by atoms with Crippen molar-refractivity contribution in [3.8, 4) is 5.75 Å². The summed E-state index contributed by atoms with van der Waals surface area (Å²) in [6.45, 7) is 5.42. The highest BCUT2D eigenvalue weighted by molar-refractivity contribution is 6.04. The van der Waals surface area contributed by atoms with Crippen LogP contribution >= 0.6 is 0 Å². The third-order valence-electron chi connectivity index (χ3n) is 7.52. The van der Waals surface area contributed by atoms with Crippen molar-refractivity contribution in [3.05, 3.63) is 47.8 Å². The number of amides is 3. The molecule has 2 aliphatic heterocycles. The predicted molar refractivity (Wildman–Crippen MR) is 145 cm³/mol. The molecule has 2 aliphatic rings. The minimum atomic E-state index is -0.960. The number of piperidine rings is 1. The van der Waals surface area contributed by atoms with E-state index in [0.29, 0.717) is 55.3 Å². The van der Waals surface area contributed by atoms with Crippen molar-refractivity contribution in [2.45, 2.75) is 58.1 Å². The van der Waals surface area contributed by atoms with Gasteiger partial charge in [-0.1, -0.05) is 6.07 Å². The van der Waals surface area contributed by atoms with Crippen molar-refractivity contribution in [3.63, 3.8) is 0 Å². The molecule has 2 N–H and O–H groups in total. The Morgan fingerprint density at radius 3 is 2.56 bits per heavy atom. The molecule has 39 heavy (non-hydrogen) atoms. The fraction of sp³-hybridized carbons (Fsp3) is 0.464. The SMILES string of the molecule is CC(=O)N1CCC(Oc2cccc3nc(NC(=O)c4ccnc(C)c4)n([C@@H]4CCCCN(C(=O)O)C4)c23)CC1. The largest absolute Gasteiger partial charge is 0.488 e. The number of nitrogens with one attached hydrogen (secondary N) is 1. The van der Waals surface area contributed by atoms with E-state index in [2.05, 4.69) is 10.3 Å². The molecule has 1 atom stereocenters. The van der Waals surface area contributed by atoms with Gasteiger partial charge in [-0.3, -0.25) is 19.9 Å². The second-order valence-electron chi connectivity index (χ2n) is 10.3. The standard InChI is InChI=1S/C28H34N6O5/c1-18-16-20(9-12-29-18)26(36)31-27-30-23-7-5-8-24(39-22-10-14-32(15-11-22)19(2)35)25(23)34(27)21-6-3-4-13-33(17-21)28(37)38/h5,7-9,12,16,21-22H,3-4,6,10-11,13-15,17H2,1-2H3,(H,37,38)(H,30,31,36)/t21-/m1/s1. The first-order valence-electron chi connectivity index (χ1n) is 13.4. The van der Waals surface area contributed by atoms with Gasteiger partial charge in [-0.05, 0) is 50.5 Å². The molecule has 0 radical (unpaired) electrons. The van der Waals surface area contributed by atoms with Crippen LogP contribution in [0.1, 0.15) is 61.1 Å². The maximum Gasteiger partial charge on any atom is 0.407 e. The third-order valence-corrected chi connectivity index (χ3v) is 7.52. The van der Waals surface area contributed by atoms with E-state index in [1.54, 1.807) is 25.3 Å². The smallest absolute Gasteiger partial charge is 0.407 e. The van der Waals surface area contributed by atoms with Crippen LogP contribution in [-0.2, 0) is 4.79 Å². The molecule has 11 nitrogen and oxygen atoms in total. The Kier molecular flexibility index (Phi) is 7.67. The molecule has 2 saturated heterocycles. The minimum absolute atomic E-state index is 0.0646. The van der Waals surface area contributed by atoms with E-state index in [-0.39, 0.29) is 30.5 Å². The van der Waals surface area contributed by atoms with Crippen LogP contribution in [0.15, 0.2) is 36.5 Å². The molecule has 2 fully saturated rings. The van der Waals surface area contributed by atoms with E-state index in [9.17, 15) is 19.5 Å². The normalized spacial score (nSPS) is 18.6. The molecule has 0 unspecified atom stereocenters. The van der Waals surface area contributed by atoms with Gasteiger partial charge in [0.15, 0.2) is 0 Å². The molecule has 0 aliphatic carbocycles. The number of pyridine rings is 1. The zero-order valence-electron chi connectivity index (χ0n) is 22.3. The number of anilines is 1. The number of benzene rings is 1. The van der Waals surface area contributed by atoms with Crippen molar-refractivity contribution in [1.82, 2.24) is 24.3 Å². The number of rotatable bonds is 5. The zero-order valence-corrected chi connectivity index (χ0v) is 22.3. The van der Waals surface area contributed by atoms with Crippen LogP contribution in [0.4, 0.5) is 10.7 Å². The zero-order chi connectivity index (χ0) is 27.5. The van der Waals surface area contributed by atoms with E-state index >= 15 is 0 Å². The number of carbonyl (C=O) groups is 3. The number of para-hydroxylation sites is 1. The quantitative estimate of drug-likeness (QED) is 0.504. The lowest BCUT2D eigenvalue weighted by Crippen LogP contribution is -2.40. The van der Waals surface area contributed by atoms with Gasteiger partial charge in [0, 0.05) is 63.4 Å². The van der Waals surface area contributed by atoms with Gasteiger partial charge in [0.25, 0.3) is 5.91 Å². The molecule has 11 heteroatoms. The van der Waals surface area contributed by atoms with Gasteiger partial charge in [-0.25, -0.2) is 9.78 Å². The Morgan fingerprint density at radius 2 is 1.85 bits per heavy atom. The lowest BCUT2D eigenvalue weighted by molar-refractivity contribution is -0.130. The van der Waals surface area contributed by atoms with E-state index < -0.39 is 6.09 Å². The number of aromatic nitrogens is 3. The van der Waals surface area contributed by atoms with Gasteiger partial charge in [0.05, 0.1) is 11.6 Å². The highest BCUT2D eigenvalue weighted by Gasteiger charge is 2.29. The van der Waals surface area contributed by atoms with Gasteiger partial charge < -0.3 is 24.2 Å². The topological polar surface area (TPSA) is 130 Å². The Labute approximate surface area is 226 Å². The predicted octanol–water partition coefficient (Wildman–Crippen LogP) is 4.09. The van der Waals surface area contributed by atoms with E-state index in [0.717, 1.165) is 30.5 Å². The summed E-state index contributed by atoms with van der Waals surface area (Å²) in [4.78, 5) is 49.2. The summed E-state index contributed by atoms with van der Waals surface area (Å²) < 4.78 is 8.45. The number of ether oxygens (including phenoxy) is 1. The summed E-state index contributed by atoms with van der Waals surface area (Å²) in [5, 5.41) is 12.8. The summed E-state index contributed by atoms with van der Waals surface area (Å²) in [5.74, 6) is 0.728. The number of hydrogen-bond acceptors (Lipinski definition) is 6. The number of carbonyl (C=O) groups excluding carboxylic acids is 2. The fourth-order valence-corrected chi connectivity index (χ4v) is 5.49. The monoisotopic (exact) mass is 534 g/mol. The van der Waals surface area contributed by atoms with Crippen LogP contribution in [-0.4, -0.2) is 79.6 Å². The molecule has 0 spiro atoms. The van der Waals surface area contributed by atoms with Gasteiger partial charge in [0.1, 0.15) is 17.4 Å². The number of aryl methyl sites for hydroxylation is 1. The van der Waals surface area contributed by atoms with Gasteiger partial charge in [0.2, 0.25) is 11.9 Å². The van der Waals surface area contributed by atoms with Gasteiger partial charge in [-0.2, -0.15) is 0 Å². The van der Waals surface area contributed by atoms with E-state index in [1.807, 2.05) is 34.6 Å². The second-order valence-corrected chi connectivity index (χ2v) is 10.3. The lowest BCUT2D eigenvalue weighted by Gasteiger charge is -2.32. The van der Waals surface area contributed by atoms with Crippen LogP contribution in [0.2, 0.25) is 0 Å². The first-order chi connectivity index (χ1) is 18.8. The molecule has 2 aromatic heterocycles. The Hall–Kier alpha value is -4.15. The average molecular weight is 535 g/mol. The maximum absolute atomic E-state index is 13.2. The molecule has 1 aromatic carbocycles. The van der Waals surface area contributed by atoms with Crippen LogP contribution in [0.25, 0.3) is 11.0 Å². The highest BCUT2D eigenvalue weighted by Crippen LogP contribution is 2.36. The Balaban J connectivity index is 1.53. The van der Waals surface area contributed by atoms with E-state index in [4.69, 9.17) is 9.72 Å². The highest BCUT2D eigenvalue weighted by atomic mass is 16.5. The minimum Gasteiger partial charge on any atom is -0.488 e. The van der Waals surface area contributed by atoms with Crippen molar-refractivity contribution < 1.29 is 24.2 Å². The molecule has 206 valence electrons. The van der Waals surface area contributed by atoms with Crippen molar-refractivity contribution >= 4 is 34.9 Å². The van der Waals surface area contributed by atoms with Crippen LogP contribution < -0.4 is 10.1 Å². The summed E-state index contributed by atoms with van der Waals surface area (Å²) in [6.07, 6.45) is 4.33. The number of carboxylic acid groups (broad SMARTS) is 1. The molecular formula is C28H34N6O5. The summed E-state index contributed by atoms with van der Waals surface area (Å²) >= 11 is 0. The molecule has 5 rings (SSSR count). The second kappa shape index (κ2) is 11.3. The number of fused-ring (bicyclic) bond motifs is 1. The maximum atomic E-state index is 13.2. The molecule has 0 bridgehead atoms. The third kappa shape index (κ3) is 5.81. The van der Waals surface area contributed by atoms with Gasteiger partial charge in [-0.15, -0.1) is 0 Å².